The molecule has 1 aromatic heterocycles. The molecule has 172 valence electrons. The number of hydrogen-bond acceptors (Lipinski definition) is 5. The first-order chi connectivity index (χ1) is 16.8. The van der Waals surface area contributed by atoms with Crippen LogP contribution < -0.4 is 4.74 Å². The van der Waals surface area contributed by atoms with Gasteiger partial charge in [-0.1, -0.05) is 42.5 Å². The normalized spacial score (nSPS) is 25.2. The Balaban J connectivity index is 1.20. The molecular formula is C29H30N4O. The third-order valence-electron chi connectivity index (χ3n) is 8.28. The van der Waals surface area contributed by atoms with Crippen LogP contribution in [-0.2, 0) is 6.42 Å². The third kappa shape index (κ3) is 3.17. The van der Waals surface area contributed by atoms with E-state index in [4.69, 9.17) is 9.84 Å². The number of aryl methyl sites for hydroxylation is 1. The number of rotatable bonds is 2. The molecule has 0 N–H and O–H groups in total. The van der Waals surface area contributed by atoms with Gasteiger partial charge in [0, 0.05) is 61.9 Å². The molecule has 0 bridgehead atoms. The summed E-state index contributed by atoms with van der Waals surface area (Å²) < 4.78 is 6.84. The number of benzene rings is 2. The molecular weight excluding hydrogens is 420 g/mol. The van der Waals surface area contributed by atoms with Crippen LogP contribution in [0.3, 0.4) is 0 Å². The highest BCUT2D eigenvalue weighted by Crippen LogP contribution is 2.50. The largest absolute Gasteiger partial charge is 0.466 e. The molecule has 0 unspecified atom stereocenters. The summed E-state index contributed by atoms with van der Waals surface area (Å²) in [5.41, 5.74) is 6.25. The highest BCUT2D eigenvalue weighted by atomic mass is 16.5. The molecule has 2 atom stereocenters. The first kappa shape index (κ1) is 20.2. The van der Waals surface area contributed by atoms with Gasteiger partial charge in [-0.3, -0.25) is 9.88 Å². The summed E-state index contributed by atoms with van der Waals surface area (Å²) in [5, 5.41) is 7.53. The summed E-state index contributed by atoms with van der Waals surface area (Å²) >= 11 is 0. The van der Waals surface area contributed by atoms with E-state index < -0.39 is 0 Å². The van der Waals surface area contributed by atoms with Gasteiger partial charge in [-0.25, -0.2) is 5.01 Å². The number of para-hydroxylation sites is 1. The highest BCUT2D eigenvalue weighted by Gasteiger charge is 2.52. The Hall–Kier alpha value is -3.18. The molecule has 4 aliphatic rings. The molecule has 1 fully saturated rings. The van der Waals surface area contributed by atoms with Crippen molar-refractivity contribution in [1.29, 1.82) is 0 Å². The maximum atomic E-state index is 6.84. The number of hydrazone groups is 1. The third-order valence-corrected chi connectivity index (χ3v) is 8.28. The van der Waals surface area contributed by atoms with Crippen molar-refractivity contribution in [3.63, 3.8) is 0 Å². The highest BCUT2D eigenvalue weighted by molar-refractivity contribution is 6.01. The average Bonchev–Trinajstić information content (AvgIpc) is 3.37. The first-order valence-electron chi connectivity index (χ1n) is 12.7. The zero-order valence-corrected chi connectivity index (χ0v) is 19.4. The van der Waals surface area contributed by atoms with E-state index in [-0.39, 0.29) is 11.8 Å². The maximum Gasteiger partial charge on any atom is 0.200 e. The van der Waals surface area contributed by atoms with Crippen LogP contribution in [0.4, 0.5) is 0 Å². The van der Waals surface area contributed by atoms with E-state index in [1.807, 2.05) is 12.4 Å². The smallest absolute Gasteiger partial charge is 0.200 e. The lowest BCUT2D eigenvalue weighted by molar-refractivity contribution is -0.153. The number of piperidine rings is 1. The van der Waals surface area contributed by atoms with E-state index in [0.29, 0.717) is 6.04 Å². The molecule has 5 heteroatoms. The van der Waals surface area contributed by atoms with Crippen molar-refractivity contribution >= 4 is 5.71 Å². The Bertz CT molecular complexity index is 1230. The lowest BCUT2D eigenvalue weighted by Gasteiger charge is -2.52. The van der Waals surface area contributed by atoms with Crippen molar-refractivity contribution in [3.05, 3.63) is 95.3 Å². The molecule has 0 saturated carbocycles. The summed E-state index contributed by atoms with van der Waals surface area (Å²) in [4.78, 5) is 6.90. The summed E-state index contributed by atoms with van der Waals surface area (Å²) in [6.07, 6.45) is 10.3. The van der Waals surface area contributed by atoms with Gasteiger partial charge in [-0.15, -0.1) is 0 Å². The molecule has 1 aliphatic carbocycles. The van der Waals surface area contributed by atoms with E-state index in [2.05, 4.69) is 75.6 Å². The van der Waals surface area contributed by atoms with Gasteiger partial charge in [-0.05, 0) is 48.6 Å². The van der Waals surface area contributed by atoms with Crippen LogP contribution in [-0.4, -0.2) is 39.4 Å². The molecule has 34 heavy (non-hydrogen) atoms. The second-order valence-electron chi connectivity index (χ2n) is 10.1. The fraction of sp³-hybridized carbons (Fsp3) is 0.379. The van der Waals surface area contributed by atoms with Gasteiger partial charge in [0.1, 0.15) is 5.75 Å². The van der Waals surface area contributed by atoms with Crippen LogP contribution in [0.1, 0.15) is 66.4 Å². The van der Waals surface area contributed by atoms with Crippen molar-refractivity contribution in [2.24, 2.45) is 5.10 Å². The van der Waals surface area contributed by atoms with Gasteiger partial charge in [0.2, 0.25) is 5.72 Å². The molecule has 3 aromatic rings. The fourth-order valence-corrected chi connectivity index (χ4v) is 6.57. The molecule has 1 saturated heterocycles. The lowest BCUT2D eigenvalue weighted by atomic mass is 9.84. The number of likely N-dealkylation sites (tertiary alicyclic amines) is 1. The molecule has 5 nitrogen and oxygen atoms in total. The van der Waals surface area contributed by atoms with Crippen LogP contribution in [0.2, 0.25) is 0 Å². The molecule has 7 rings (SSSR count). The van der Waals surface area contributed by atoms with Crippen LogP contribution in [0, 0.1) is 0 Å². The van der Waals surface area contributed by atoms with Crippen molar-refractivity contribution in [1.82, 2.24) is 14.9 Å². The fourth-order valence-electron chi connectivity index (χ4n) is 6.57. The van der Waals surface area contributed by atoms with E-state index in [1.54, 1.807) is 0 Å². The minimum Gasteiger partial charge on any atom is -0.466 e. The molecule has 1 spiro atoms. The van der Waals surface area contributed by atoms with Gasteiger partial charge >= 0.3 is 0 Å². The number of hydrogen-bond donors (Lipinski definition) is 0. The minimum absolute atomic E-state index is 0.232. The van der Waals surface area contributed by atoms with Crippen LogP contribution >= 0.6 is 0 Å². The Kier molecular flexibility index (Phi) is 4.73. The summed E-state index contributed by atoms with van der Waals surface area (Å²) in [7, 11) is 0. The SMILES string of the molecule is c1ccc2c(c1)CCC[C@H]2N1CCC2(CC1)Oc1ccccc1[C@H]1CC(c3ccncc3)=NN12. The van der Waals surface area contributed by atoms with Gasteiger partial charge < -0.3 is 4.74 Å². The zero-order chi connectivity index (χ0) is 22.5. The molecule has 0 amide bonds. The van der Waals surface area contributed by atoms with E-state index in [9.17, 15) is 0 Å². The predicted octanol–water partition coefficient (Wildman–Crippen LogP) is 5.49. The lowest BCUT2D eigenvalue weighted by Crippen LogP contribution is -2.59. The summed E-state index contributed by atoms with van der Waals surface area (Å²) in [6.45, 7) is 2.06. The van der Waals surface area contributed by atoms with E-state index in [0.717, 1.165) is 49.4 Å². The Labute approximate surface area is 201 Å². The Morgan fingerprint density at radius 2 is 1.62 bits per heavy atom. The average molecular weight is 451 g/mol. The van der Waals surface area contributed by atoms with Crippen molar-refractivity contribution in [3.8, 4) is 5.75 Å². The van der Waals surface area contributed by atoms with Crippen molar-refractivity contribution in [2.45, 2.75) is 56.3 Å². The van der Waals surface area contributed by atoms with Gasteiger partial charge in [-0.2, -0.15) is 5.10 Å². The zero-order valence-electron chi connectivity index (χ0n) is 19.4. The van der Waals surface area contributed by atoms with Gasteiger partial charge in [0.25, 0.3) is 0 Å². The monoisotopic (exact) mass is 450 g/mol. The summed E-state index contributed by atoms with van der Waals surface area (Å²) in [6, 6.07) is 22.5. The standard InChI is InChI=1S/C29H30N4O/c1-2-8-23-21(6-1)7-5-10-26(23)32-18-14-29(15-19-32)33-27(24-9-3-4-11-28(24)34-29)20-25(31-33)22-12-16-30-17-13-22/h1-4,6,8-9,11-13,16-17,26-27H,5,7,10,14-15,18-20H2/t26-,27-/m1/s1. The van der Waals surface area contributed by atoms with Gasteiger partial charge in [0.15, 0.2) is 0 Å². The predicted molar refractivity (Wildman–Crippen MR) is 133 cm³/mol. The van der Waals surface area contributed by atoms with Crippen LogP contribution in [0.25, 0.3) is 0 Å². The molecule has 0 radical (unpaired) electrons. The second-order valence-corrected chi connectivity index (χ2v) is 10.1. The van der Waals surface area contributed by atoms with Crippen LogP contribution in [0.15, 0.2) is 78.2 Å². The number of aromatic nitrogens is 1. The number of ether oxygens (including phenoxy) is 1. The molecule has 4 heterocycles. The van der Waals surface area contributed by atoms with Crippen molar-refractivity contribution < 1.29 is 4.74 Å². The molecule has 3 aliphatic heterocycles. The first-order valence-corrected chi connectivity index (χ1v) is 12.7. The summed E-state index contributed by atoms with van der Waals surface area (Å²) in [5.74, 6) is 1.03. The Morgan fingerprint density at radius 1 is 0.853 bits per heavy atom. The molecule has 2 aromatic carbocycles. The van der Waals surface area contributed by atoms with E-state index in [1.165, 1.54) is 36.0 Å². The van der Waals surface area contributed by atoms with Crippen molar-refractivity contribution in [2.75, 3.05) is 13.1 Å². The minimum atomic E-state index is -0.377. The maximum absolute atomic E-state index is 6.84. The van der Waals surface area contributed by atoms with E-state index >= 15 is 0 Å². The number of pyridine rings is 1. The second kappa shape index (κ2) is 7.95. The number of nitrogens with zero attached hydrogens (tertiary/aromatic N) is 4. The number of fused-ring (bicyclic) bond motifs is 5. The topological polar surface area (TPSA) is 41.0 Å². The van der Waals surface area contributed by atoms with Gasteiger partial charge in [0.05, 0.1) is 11.8 Å². The Morgan fingerprint density at radius 3 is 2.47 bits per heavy atom. The van der Waals surface area contributed by atoms with Crippen LogP contribution in [0.5, 0.6) is 5.75 Å². The quantitative estimate of drug-likeness (QED) is 0.517.